The quantitative estimate of drug-likeness (QED) is 0.616. The molecule has 31 heavy (non-hydrogen) atoms. The largest absolute Gasteiger partial charge is 0.459 e. The van der Waals surface area contributed by atoms with Crippen molar-refractivity contribution in [3.63, 3.8) is 0 Å². The summed E-state index contributed by atoms with van der Waals surface area (Å²) in [6.07, 6.45) is 1.54. The first-order valence-electron chi connectivity index (χ1n) is 10.7. The van der Waals surface area contributed by atoms with Crippen LogP contribution in [0.15, 0.2) is 22.8 Å². The van der Waals surface area contributed by atoms with E-state index in [1.165, 1.54) is 10.4 Å². The molecule has 3 aromatic rings. The van der Waals surface area contributed by atoms with Gasteiger partial charge < -0.3 is 19.0 Å². The highest BCUT2D eigenvalue weighted by atomic mass is 32.1. The molecule has 9 heteroatoms. The van der Waals surface area contributed by atoms with Crippen LogP contribution in [0, 0.1) is 13.8 Å². The van der Waals surface area contributed by atoms with Crippen LogP contribution in [0.3, 0.4) is 0 Å². The van der Waals surface area contributed by atoms with Crippen LogP contribution in [0.4, 0.5) is 5.82 Å². The number of thiophene rings is 1. The number of aryl methyl sites for hydroxylation is 2. The van der Waals surface area contributed by atoms with E-state index < -0.39 is 0 Å². The monoisotopic (exact) mass is 441 g/mol. The molecule has 8 nitrogen and oxygen atoms in total. The van der Waals surface area contributed by atoms with E-state index in [4.69, 9.17) is 19.1 Å². The maximum absolute atomic E-state index is 12.6. The van der Waals surface area contributed by atoms with Crippen molar-refractivity contribution in [3.8, 4) is 0 Å². The molecule has 2 aliphatic heterocycles. The molecule has 2 saturated heterocycles. The van der Waals surface area contributed by atoms with E-state index in [0.29, 0.717) is 18.8 Å². The molecule has 0 unspecified atom stereocenters. The molecule has 0 saturated carbocycles. The highest BCUT2D eigenvalue weighted by molar-refractivity contribution is 7.18. The number of aromatic nitrogens is 2. The summed E-state index contributed by atoms with van der Waals surface area (Å²) in [4.78, 5) is 31.4. The van der Waals surface area contributed by atoms with Gasteiger partial charge in [-0.15, -0.1) is 11.3 Å². The second kappa shape index (κ2) is 8.57. The van der Waals surface area contributed by atoms with Gasteiger partial charge >= 0.3 is 0 Å². The van der Waals surface area contributed by atoms with Crippen LogP contribution in [0.2, 0.25) is 0 Å². The third-order valence-electron chi connectivity index (χ3n) is 6.12. The summed E-state index contributed by atoms with van der Waals surface area (Å²) in [6.45, 7) is 11.1. The summed E-state index contributed by atoms with van der Waals surface area (Å²) in [6, 6.07) is 3.47. The Morgan fingerprint density at radius 1 is 1.10 bits per heavy atom. The van der Waals surface area contributed by atoms with Crippen LogP contribution in [-0.4, -0.2) is 78.2 Å². The van der Waals surface area contributed by atoms with Crippen molar-refractivity contribution >= 4 is 33.3 Å². The molecule has 0 spiro atoms. The minimum absolute atomic E-state index is 0.0481. The minimum Gasteiger partial charge on any atom is -0.459 e. The van der Waals surface area contributed by atoms with E-state index in [-0.39, 0.29) is 5.91 Å². The van der Waals surface area contributed by atoms with Crippen LogP contribution >= 0.6 is 11.3 Å². The van der Waals surface area contributed by atoms with Gasteiger partial charge in [0.05, 0.1) is 31.4 Å². The maximum atomic E-state index is 12.6. The second-order valence-corrected chi connectivity index (χ2v) is 9.28. The van der Waals surface area contributed by atoms with Gasteiger partial charge in [-0.25, -0.2) is 9.97 Å². The number of amides is 1. The number of furan rings is 1. The third-order valence-corrected chi connectivity index (χ3v) is 7.22. The topological polar surface area (TPSA) is 74.9 Å². The molecule has 2 fully saturated rings. The molecular weight excluding hydrogens is 414 g/mol. The SMILES string of the molecule is Cc1sc2nc(CN3CCOCC3)nc(N3CCN(C(=O)c4ccco4)CC3)c2c1C. The average molecular weight is 442 g/mol. The number of hydrogen-bond acceptors (Lipinski definition) is 8. The first kappa shape index (κ1) is 20.4. The molecular formula is C22H27N5O3S. The van der Waals surface area contributed by atoms with Crippen LogP contribution in [0.25, 0.3) is 10.2 Å². The molecule has 5 heterocycles. The van der Waals surface area contributed by atoms with E-state index >= 15 is 0 Å². The fraction of sp³-hybridized carbons (Fsp3) is 0.500. The Labute approximate surface area is 185 Å². The van der Waals surface area contributed by atoms with Crippen molar-refractivity contribution in [2.24, 2.45) is 0 Å². The van der Waals surface area contributed by atoms with Gasteiger partial charge in [0.25, 0.3) is 5.91 Å². The molecule has 3 aromatic heterocycles. The Bertz CT molecular complexity index is 1070. The van der Waals surface area contributed by atoms with Crippen LogP contribution in [-0.2, 0) is 11.3 Å². The lowest BCUT2D eigenvalue weighted by Gasteiger charge is -2.35. The van der Waals surface area contributed by atoms with Crippen molar-refractivity contribution in [1.29, 1.82) is 0 Å². The van der Waals surface area contributed by atoms with E-state index in [1.807, 2.05) is 4.90 Å². The maximum Gasteiger partial charge on any atom is 0.289 e. The number of carbonyl (C=O) groups is 1. The smallest absolute Gasteiger partial charge is 0.289 e. The lowest BCUT2D eigenvalue weighted by atomic mass is 10.2. The minimum atomic E-state index is -0.0481. The molecule has 164 valence electrons. The van der Waals surface area contributed by atoms with Crippen molar-refractivity contribution in [2.75, 3.05) is 57.4 Å². The Hall–Kier alpha value is -2.49. The number of fused-ring (bicyclic) bond motifs is 1. The third kappa shape index (κ3) is 4.05. The number of nitrogens with zero attached hydrogens (tertiary/aromatic N) is 5. The van der Waals surface area contributed by atoms with Gasteiger partial charge in [-0.1, -0.05) is 0 Å². The van der Waals surface area contributed by atoms with Gasteiger partial charge in [0.15, 0.2) is 5.76 Å². The zero-order valence-corrected chi connectivity index (χ0v) is 18.8. The van der Waals surface area contributed by atoms with Gasteiger partial charge in [0, 0.05) is 44.1 Å². The van der Waals surface area contributed by atoms with Gasteiger partial charge in [0.1, 0.15) is 16.5 Å². The number of piperazine rings is 1. The molecule has 5 rings (SSSR count). The zero-order chi connectivity index (χ0) is 21.4. The summed E-state index contributed by atoms with van der Waals surface area (Å²) in [5, 5.41) is 1.15. The number of rotatable bonds is 4. The Morgan fingerprint density at radius 3 is 2.58 bits per heavy atom. The highest BCUT2D eigenvalue weighted by Crippen LogP contribution is 2.35. The normalized spacial score (nSPS) is 18.1. The number of morpholine rings is 1. The predicted molar refractivity (Wildman–Crippen MR) is 120 cm³/mol. The lowest BCUT2D eigenvalue weighted by molar-refractivity contribution is 0.0331. The van der Waals surface area contributed by atoms with Gasteiger partial charge in [-0.05, 0) is 31.5 Å². The van der Waals surface area contributed by atoms with Gasteiger partial charge in [-0.2, -0.15) is 0 Å². The molecule has 0 N–H and O–H groups in total. The van der Waals surface area contributed by atoms with Crippen molar-refractivity contribution in [1.82, 2.24) is 19.8 Å². The fourth-order valence-corrected chi connectivity index (χ4v) is 5.25. The van der Waals surface area contributed by atoms with Gasteiger partial charge in [0.2, 0.25) is 0 Å². The summed E-state index contributed by atoms with van der Waals surface area (Å²) in [5.74, 6) is 2.21. The summed E-state index contributed by atoms with van der Waals surface area (Å²) in [5.41, 5.74) is 1.25. The highest BCUT2D eigenvalue weighted by Gasteiger charge is 2.27. The number of carbonyl (C=O) groups excluding carboxylic acids is 1. The Morgan fingerprint density at radius 2 is 1.87 bits per heavy atom. The molecule has 0 bridgehead atoms. The van der Waals surface area contributed by atoms with E-state index in [9.17, 15) is 4.79 Å². The average Bonchev–Trinajstić information content (AvgIpc) is 3.42. The van der Waals surface area contributed by atoms with Crippen LogP contribution in [0.1, 0.15) is 26.8 Å². The van der Waals surface area contributed by atoms with Crippen LogP contribution in [0.5, 0.6) is 0 Å². The van der Waals surface area contributed by atoms with E-state index in [2.05, 4.69) is 23.6 Å². The zero-order valence-electron chi connectivity index (χ0n) is 18.0. The molecule has 0 aliphatic carbocycles. The number of anilines is 1. The Kier molecular flexibility index (Phi) is 5.64. The molecule has 0 radical (unpaired) electrons. The fourth-order valence-electron chi connectivity index (χ4n) is 4.21. The number of ether oxygens (including phenoxy) is 1. The first-order valence-corrected chi connectivity index (χ1v) is 11.6. The molecule has 2 aliphatic rings. The van der Waals surface area contributed by atoms with E-state index in [0.717, 1.165) is 67.8 Å². The van der Waals surface area contributed by atoms with Crippen molar-refractivity contribution in [3.05, 3.63) is 40.4 Å². The number of hydrogen-bond donors (Lipinski definition) is 0. The molecule has 1 amide bonds. The van der Waals surface area contributed by atoms with Crippen molar-refractivity contribution < 1.29 is 13.9 Å². The summed E-state index contributed by atoms with van der Waals surface area (Å²) in [7, 11) is 0. The van der Waals surface area contributed by atoms with Crippen molar-refractivity contribution in [2.45, 2.75) is 20.4 Å². The Balaban J connectivity index is 1.39. The predicted octanol–water partition coefficient (Wildman–Crippen LogP) is 2.70. The molecule has 0 aromatic carbocycles. The van der Waals surface area contributed by atoms with Gasteiger partial charge in [-0.3, -0.25) is 9.69 Å². The summed E-state index contributed by atoms with van der Waals surface area (Å²) >= 11 is 1.74. The summed E-state index contributed by atoms with van der Waals surface area (Å²) < 4.78 is 10.8. The standard InChI is InChI=1S/C22H27N5O3S/c1-15-16(2)31-21-19(15)20(23-18(24-21)14-25-9-12-29-13-10-25)26-5-7-27(8-6-26)22(28)17-4-3-11-30-17/h3-4,11H,5-10,12-14H2,1-2H3. The van der Waals surface area contributed by atoms with Crippen LogP contribution < -0.4 is 4.90 Å². The second-order valence-electron chi connectivity index (χ2n) is 8.07. The first-order chi connectivity index (χ1) is 15.1. The van der Waals surface area contributed by atoms with E-state index in [1.54, 1.807) is 29.7 Å². The lowest BCUT2D eigenvalue weighted by Crippen LogP contribution is -2.49. The molecule has 0 atom stereocenters.